The van der Waals surface area contributed by atoms with E-state index in [1.807, 2.05) is 30.3 Å². The van der Waals surface area contributed by atoms with Gasteiger partial charge in [-0.05, 0) is 42.9 Å². The van der Waals surface area contributed by atoms with Crippen LogP contribution in [0.15, 0.2) is 59.8 Å². The molecule has 0 aliphatic carbocycles. The largest absolute Gasteiger partial charge is 0.489 e. The van der Waals surface area contributed by atoms with Crippen LogP contribution >= 0.6 is 23.8 Å². The Labute approximate surface area is 168 Å². The Balaban J connectivity index is 1.98. The van der Waals surface area contributed by atoms with E-state index in [0.29, 0.717) is 39.3 Å². The SMILES string of the molecule is COC(=O)C1=C(C)NC(=S)NC1c1cc(Cl)ccc1OCc1ccccc1. The Morgan fingerprint density at radius 3 is 2.67 bits per heavy atom. The second-order valence-electron chi connectivity index (χ2n) is 6.02. The highest BCUT2D eigenvalue weighted by Gasteiger charge is 2.32. The minimum Gasteiger partial charge on any atom is -0.489 e. The molecule has 1 heterocycles. The quantitative estimate of drug-likeness (QED) is 0.584. The number of carbonyl (C=O) groups is 1. The molecular formula is C20H19ClN2O3S. The van der Waals surface area contributed by atoms with E-state index in [1.165, 1.54) is 7.11 Å². The number of carbonyl (C=O) groups excluding carboxylic acids is 1. The summed E-state index contributed by atoms with van der Waals surface area (Å²) in [7, 11) is 1.34. The number of hydrogen-bond acceptors (Lipinski definition) is 4. The van der Waals surface area contributed by atoms with Crippen molar-refractivity contribution in [2.45, 2.75) is 19.6 Å². The average Bonchev–Trinajstić information content (AvgIpc) is 2.66. The van der Waals surface area contributed by atoms with Crippen molar-refractivity contribution in [3.8, 4) is 5.75 Å². The van der Waals surface area contributed by atoms with Crippen LogP contribution in [-0.4, -0.2) is 18.2 Å². The van der Waals surface area contributed by atoms with Crippen LogP contribution in [-0.2, 0) is 16.1 Å². The zero-order chi connectivity index (χ0) is 19.4. The summed E-state index contributed by atoms with van der Waals surface area (Å²) in [6.07, 6.45) is 0. The zero-order valence-electron chi connectivity index (χ0n) is 14.9. The lowest BCUT2D eigenvalue weighted by molar-refractivity contribution is -0.136. The molecule has 7 heteroatoms. The Bertz CT molecular complexity index is 899. The molecule has 0 fully saturated rings. The summed E-state index contributed by atoms with van der Waals surface area (Å²) in [4.78, 5) is 12.4. The van der Waals surface area contributed by atoms with Crippen LogP contribution < -0.4 is 15.4 Å². The monoisotopic (exact) mass is 402 g/mol. The number of ether oxygens (including phenoxy) is 2. The van der Waals surface area contributed by atoms with Gasteiger partial charge in [-0.25, -0.2) is 4.79 Å². The molecule has 0 saturated heterocycles. The molecule has 5 nitrogen and oxygen atoms in total. The van der Waals surface area contributed by atoms with Crippen molar-refractivity contribution in [3.63, 3.8) is 0 Å². The molecule has 27 heavy (non-hydrogen) atoms. The molecule has 2 aromatic rings. The van der Waals surface area contributed by atoms with E-state index in [4.69, 9.17) is 33.3 Å². The lowest BCUT2D eigenvalue weighted by Gasteiger charge is -2.30. The number of allylic oxidation sites excluding steroid dienone is 1. The predicted molar refractivity (Wildman–Crippen MR) is 109 cm³/mol. The first kappa shape index (κ1) is 19.2. The molecule has 1 unspecified atom stereocenters. The van der Waals surface area contributed by atoms with Gasteiger partial charge in [0.1, 0.15) is 12.4 Å². The molecule has 0 amide bonds. The van der Waals surface area contributed by atoms with Gasteiger partial charge < -0.3 is 20.1 Å². The maximum Gasteiger partial charge on any atom is 0.337 e. The summed E-state index contributed by atoms with van der Waals surface area (Å²) in [6.45, 7) is 2.17. The normalized spacial score (nSPS) is 16.4. The van der Waals surface area contributed by atoms with E-state index in [0.717, 1.165) is 5.56 Å². The van der Waals surface area contributed by atoms with Crippen molar-refractivity contribution in [3.05, 3.63) is 76.0 Å². The van der Waals surface area contributed by atoms with Gasteiger partial charge in [-0.3, -0.25) is 0 Å². The number of rotatable bonds is 5. The maximum atomic E-state index is 12.4. The molecule has 2 aromatic carbocycles. The summed E-state index contributed by atoms with van der Waals surface area (Å²) in [5.74, 6) is 0.161. The number of esters is 1. The van der Waals surface area contributed by atoms with Crippen LogP contribution in [0.4, 0.5) is 0 Å². The number of benzene rings is 2. The van der Waals surface area contributed by atoms with Gasteiger partial charge in [-0.2, -0.15) is 0 Å². The van der Waals surface area contributed by atoms with Crippen LogP contribution in [0.2, 0.25) is 5.02 Å². The highest BCUT2D eigenvalue weighted by atomic mass is 35.5. The standard InChI is InChI=1S/C20H19ClN2O3S/c1-12-17(19(24)25-2)18(23-20(27)22-12)15-10-14(21)8-9-16(15)26-11-13-6-4-3-5-7-13/h3-10,18H,11H2,1-2H3,(H2,22,23,27). The molecule has 0 radical (unpaired) electrons. The Morgan fingerprint density at radius 2 is 1.96 bits per heavy atom. The number of hydrogen-bond donors (Lipinski definition) is 2. The minimum atomic E-state index is -0.532. The van der Waals surface area contributed by atoms with Crippen molar-refractivity contribution < 1.29 is 14.3 Å². The molecule has 0 aromatic heterocycles. The van der Waals surface area contributed by atoms with Crippen molar-refractivity contribution in [1.82, 2.24) is 10.6 Å². The molecule has 140 valence electrons. The third kappa shape index (κ3) is 4.40. The van der Waals surface area contributed by atoms with Gasteiger partial charge in [-0.1, -0.05) is 41.9 Å². The molecule has 1 atom stereocenters. The third-order valence-electron chi connectivity index (χ3n) is 4.19. The van der Waals surface area contributed by atoms with Gasteiger partial charge >= 0.3 is 5.97 Å². The molecule has 0 bridgehead atoms. The fourth-order valence-corrected chi connectivity index (χ4v) is 3.37. The Kier molecular flexibility index (Phi) is 5.98. The van der Waals surface area contributed by atoms with Gasteiger partial charge in [0.25, 0.3) is 0 Å². The highest BCUT2D eigenvalue weighted by Crippen LogP contribution is 2.35. The van der Waals surface area contributed by atoms with Crippen molar-refractivity contribution in [2.24, 2.45) is 0 Å². The molecule has 0 spiro atoms. The summed E-state index contributed by atoms with van der Waals surface area (Å²) >= 11 is 11.5. The van der Waals surface area contributed by atoms with Gasteiger partial charge in [-0.15, -0.1) is 0 Å². The molecule has 0 saturated carbocycles. The van der Waals surface area contributed by atoms with E-state index in [-0.39, 0.29) is 0 Å². The number of methoxy groups -OCH3 is 1. The summed E-state index contributed by atoms with van der Waals surface area (Å²) in [5, 5.41) is 7.03. The van der Waals surface area contributed by atoms with E-state index in [2.05, 4.69) is 10.6 Å². The van der Waals surface area contributed by atoms with Gasteiger partial charge in [0.15, 0.2) is 5.11 Å². The lowest BCUT2D eigenvalue weighted by Crippen LogP contribution is -2.45. The van der Waals surface area contributed by atoms with E-state index >= 15 is 0 Å². The highest BCUT2D eigenvalue weighted by molar-refractivity contribution is 7.80. The van der Waals surface area contributed by atoms with Crippen LogP contribution in [0.3, 0.4) is 0 Å². The summed E-state index contributed by atoms with van der Waals surface area (Å²) in [6, 6.07) is 14.6. The Morgan fingerprint density at radius 1 is 1.22 bits per heavy atom. The van der Waals surface area contributed by atoms with Gasteiger partial charge in [0, 0.05) is 16.3 Å². The average molecular weight is 403 g/mol. The van der Waals surface area contributed by atoms with Crippen molar-refractivity contribution in [2.75, 3.05) is 7.11 Å². The molecule has 1 aliphatic heterocycles. The summed E-state index contributed by atoms with van der Waals surface area (Å²) in [5.41, 5.74) is 2.80. The van der Waals surface area contributed by atoms with Crippen LogP contribution in [0.25, 0.3) is 0 Å². The van der Waals surface area contributed by atoms with Gasteiger partial charge in [0.2, 0.25) is 0 Å². The Hall–Kier alpha value is -2.57. The second kappa shape index (κ2) is 8.41. The van der Waals surface area contributed by atoms with Gasteiger partial charge in [0.05, 0.1) is 18.7 Å². The van der Waals surface area contributed by atoms with Crippen molar-refractivity contribution in [1.29, 1.82) is 0 Å². The number of thiocarbonyl (C=S) groups is 1. The number of halogens is 1. The second-order valence-corrected chi connectivity index (χ2v) is 6.86. The number of nitrogens with one attached hydrogen (secondary N) is 2. The molecular weight excluding hydrogens is 384 g/mol. The van der Waals surface area contributed by atoms with Crippen LogP contribution in [0.5, 0.6) is 5.75 Å². The van der Waals surface area contributed by atoms with Crippen LogP contribution in [0, 0.1) is 0 Å². The first-order valence-electron chi connectivity index (χ1n) is 8.32. The molecule has 1 aliphatic rings. The van der Waals surface area contributed by atoms with E-state index < -0.39 is 12.0 Å². The lowest BCUT2D eigenvalue weighted by atomic mass is 9.95. The van der Waals surface area contributed by atoms with E-state index in [1.54, 1.807) is 25.1 Å². The minimum absolute atomic E-state index is 0.390. The topological polar surface area (TPSA) is 59.6 Å². The zero-order valence-corrected chi connectivity index (χ0v) is 16.5. The fourth-order valence-electron chi connectivity index (χ4n) is 2.92. The molecule has 3 rings (SSSR count). The molecule has 2 N–H and O–H groups in total. The predicted octanol–water partition coefficient (Wildman–Crippen LogP) is 3.88. The fraction of sp³-hybridized carbons (Fsp3) is 0.200. The van der Waals surface area contributed by atoms with Crippen molar-refractivity contribution >= 4 is 34.9 Å². The maximum absolute atomic E-state index is 12.4. The summed E-state index contributed by atoms with van der Waals surface area (Å²) < 4.78 is 11.0. The van der Waals surface area contributed by atoms with E-state index in [9.17, 15) is 4.79 Å². The first-order chi connectivity index (χ1) is 13.0. The smallest absolute Gasteiger partial charge is 0.337 e. The first-order valence-corrected chi connectivity index (χ1v) is 9.11. The third-order valence-corrected chi connectivity index (χ3v) is 4.65. The van der Waals surface area contributed by atoms with Crippen LogP contribution in [0.1, 0.15) is 24.1 Å².